The number of carbonyl (C=O) groups is 2. The van der Waals surface area contributed by atoms with Crippen molar-refractivity contribution in [3.8, 4) is 0 Å². The van der Waals surface area contributed by atoms with Crippen LogP contribution in [0.15, 0.2) is 12.2 Å². The summed E-state index contributed by atoms with van der Waals surface area (Å²) in [5.41, 5.74) is -0.122. The summed E-state index contributed by atoms with van der Waals surface area (Å²) in [6, 6.07) is 0. The topological polar surface area (TPSA) is 55.9 Å². The molecule has 0 N–H and O–H groups in total. The molecule has 25 heavy (non-hydrogen) atoms. The SMILES string of the molecule is CC(=O)O[C@@H]1CC[C@@H]2[C@@H]3CC[C@]45O[C@H]4C(=O)C=C[C@]5(C)[C@@H]3CC[C@@]21C. The number of hydrogen-bond acceptors (Lipinski definition) is 4. The van der Waals surface area contributed by atoms with Gasteiger partial charge in [0.05, 0.1) is 0 Å². The molecule has 5 rings (SSSR count). The van der Waals surface area contributed by atoms with Crippen LogP contribution in [0.25, 0.3) is 0 Å². The minimum absolute atomic E-state index is 0.0185. The molecule has 0 aromatic carbocycles. The number of fused-ring (bicyclic) bond motifs is 4. The molecule has 4 heteroatoms. The fraction of sp³-hybridized carbons (Fsp3) is 0.810. The zero-order chi connectivity index (χ0) is 17.6. The molecule has 0 bridgehead atoms. The Morgan fingerprint density at radius 1 is 1.16 bits per heavy atom. The second kappa shape index (κ2) is 4.76. The van der Waals surface area contributed by atoms with Crippen molar-refractivity contribution in [2.45, 2.75) is 77.1 Å². The summed E-state index contributed by atoms with van der Waals surface area (Å²) in [6.45, 7) is 6.20. The average molecular weight is 344 g/mol. The summed E-state index contributed by atoms with van der Waals surface area (Å²) in [6.07, 6.45) is 10.4. The quantitative estimate of drug-likeness (QED) is 0.540. The zero-order valence-corrected chi connectivity index (χ0v) is 15.4. The Balaban J connectivity index is 1.47. The molecule has 0 radical (unpaired) electrons. The molecule has 3 saturated carbocycles. The maximum atomic E-state index is 12.1. The normalized spacial score (nSPS) is 55.6. The second-order valence-corrected chi connectivity index (χ2v) is 9.54. The van der Waals surface area contributed by atoms with Gasteiger partial charge in [-0.3, -0.25) is 9.59 Å². The third-order valence-electron chi connectivity index (χ3n) is 8.74. The second-order valence-electron chi connectivity index (χ2n) is 9.54. The highest BCUT2D eigenvalue weighted by Crippen LogP contribution is 2.71. The molecule has 4 fully saturated rings. The lowest BCUT2D eigenvalue weighted by atomic mass is 9.46. The largest absolute Gasteiger partial charge is 0.462 e. The van der Waals surface area contributed by atoms with Crippen LogP contribution in [0.5, 0.6) is 0 Å². The maximum Gasteiger partial charge on any atom is 0.302 e. The smallest absolute Gasteiger partial charge is 0.302 e. The lowest BCUT2D eigenvalue weighted by Crippen LogP contribution is -2.57. The molecule has 1 heterocycles. The molecule has 0 aromatic heterocycles. The molecule has 8 atom stereocenters. The molecule has 1 aliphatic heterocycles. The zero-order valence-electron chi connectivity index (χ0n) is 15.4. The summed E-state index contributed by atoms with van der Waals surface area (Å²) in [5.74, 6) is 1.86. The van der Waals surface area contributed by atoms with Gasteiger partial charge >= 0.3 is 5.97 Å². The van der Waals surface area contributed by atoms with Crippen LogP contribution in [-0.2, 0) is 19.1 Å². The minimum Gasteiger partial charge on any atom is -0.462 e. The van der Waals surface area contributed by atoms with E-state index in [9.17, 15) is 9.59 Å². The highest BCUT2D eigenvalue weighted by atomic mass is 16.6. The highest BCUT2D eigenvalue weighted by molar-refractivity contribution is 5.98. The van der Waals surface area contributed by atoms with Crippen molar-refractivity contribution in [1.82, 2.24) is 0 Å². The van der Waals surface area contributed by atoms with Gasteiger partial charge in [-0.1, -0.05) is 19.9 Å². The number of hydrogen-bond donors (Lipinski definition) is 0. The Morgan fingerprint density at radius 2 is 1.96 bits per heavy atom. The Bertz CT molecular complexity index is 683. The fourth-order valence-corrected chi connectivity index (χ4v) is 7.42. The van der Waals surface area contributed by atoms with Gasteiger partial charge in [0.15, 0.2) is 11.9 Å². The molecule has 4 aliphatic carbocycles. The highest BCUT2D eigenvalue weighted by Gasteiger charge is 2.75. The van der Waals surface area contributed by atoms with Gasteiger partial charge in [-0.25, -0.2) is 0 Å². The molecule has 5 aliphatic rings. The van der Waals surface area contributed by atoms with E-state index in [0.717, 1.165) is 38.5 Å². The Hall–Kier alpha value is -1.16. The van der Waals surface area contributed by atoms with Crippen molar-refractivity contribution in [3.63, 3.8) is 0 Å². The Labute approximate surface area is 149 Å². The first-order chi connectivity index (χ1) is 11.8. The number of ketones is 1. The van der Waals surface area contributed by atoms with Crippen molar-refractivity contribution in [2.24, 2.45) is 28.6 Å². The number of ether oxygens (including phenoxy) is 2. The van der Waals surface area contributed by atoms with E-state index in [2.05, 4.69) is 19.9 Å². The summed E-state index contributed by atoms with van der Waals surface area (Å²) in [4.78, 5) is 23.6. The molecule has 0 amide bonds. The third kappa shape index (κ3) is 1.82. The lowest BCUT2D eigenvalue weighted by molar-refractivity contribution is -0.158. The van der Waals surface area contributed by atoms with E-state index >= 15 is 0 Å². The van der Waals surface area contributed by atoms with Crippen LogP contribution in [-0.4, -0.2) is 29.6 Å². The van der Waals surface area contributed by atoms with E-state index < -0.39 is 0 Å². The first-order valence-electron chi connectivity index (χ1n) is 9.90. The van der Waals surface area contributed by atoms with Crippen LogP contribution in [0.1, 0.15) is 59.3 Å². The van der Waals surface area contributed by atoms with Crippen LogP contribution < -0.4 is 0 Å². The molecule has 0 unspecified atom stereocenters. The molecular formula is C21H28O4. The molecule has 1 saturated heterocycles. The molecule has 136 valence electrons. The van der Waals surface area contributed by atoms with Gasteiger partial charge in [-0.15, -0.1) is 0 Å². The van der Waals surface area contributed by atoms with E-state index in [0.29, 0.717) is 17.8 Å². The summed E-state index contributed by atoms with van der Waals surface area (Å²) in [5, 5.41) is 0. The first kappa shape index (κ1) is 16.0. The van der Waals surface area contributed by atoms with Gasteiger partial charge in [0.1, 0.15) is 11.7 Å². The van der Waals surface area contributed by atoms with E-state index in [1.54, 1.807) is 6.08 Å². The van der Waals surface area contributed by atoms with Crippen molar-refractivity contribution in [3.05, 3.63) is 12.2 Å². The van der Waals surface area contributed by atoms with Crippen LogP contribution >= 0.6 is 0 Å². The van der Waals surface area contributed by atoms with Crippen LogP contribution in [0.2, 0.25) is 0 Å². The van der Waals surface area contributed by atoms with Crippen LogP contribution in [0.3, 0.4) is 0 Å². The number of rotatable bonds is 1. The van der Waals surface area contributed by atoms with Crippen LogP contribution in [0.4, 0.5) is 0 Å². The van der Waals surface area contributed by atoms with E-state index in [4.69, 9.17) is 9.47 Å². The van der Waals surface area contributed by atoms with E-state index in [1.165, 1.54) is 6.92 Å². The maximum absolute atomic E-state index is 12.1. The molecule has 0 aromatic rings. The predicted molar refractivity (Wildman–Crippen MR) is 91.7 cm³/mol. The Kier molecular flexibility index (Phi) is 3.06. The predicted octanol–water partition coefficient (Wildman–Crippen LogP) is 3.44. The summed E-state index contributed by atoms with van der Waals surface area (Å²) >= 11 is 0. The van der Waals surface area contributed by atoms with Crippen molar-refractivity contribution in [1.29, 1.82) is 0 Å². The summed E-state index contributed by atoms with van der Waals surface area (Å²) < 4.78 is 11.8. The van der Waals surface area contributed by atoms with Crippen molar-refractivity contribution >= 4 is 11.8 Å². The van der Waals surface area contributed by atoms with Gasteiger partial charge in [0.2, 0.25) is 0 Å². The molecule has 1 spiro atoms. The molecule has 4 nitrogen and oxygen atoms in total. The number of esters is 1. The van der Waals surface area contributed by atoms with E-state index in [1.807, 2.05) is 0 Å². The average Bonchev–Trinajstić information content (AvgIpc) is 3.22. The van der Waals surface area contributed by atoms with Gasteiger partial charge in [0.25, 0.3) is 0 Å². The van der Waals surface area contributed by atoms with Crippen molar-refractivity contribution in [2.75, 3.05) is 0 Å². The monoisotopic (exact) mass is 344 g/mol. The first-order valence-corrected chi connectivity index (χ1v) is 9.90. The van der Waals surface area contributed by atoms with Gasteiger partial charge in [-0.2, -0.15) is 0 Å². The lowest BCUT2D eigenvalue weighted by Gasteiger charge is -2.57. The molecular weight excluding hydrogens is 316 g/mol. The van der Waals surface area contributed by atoms with Gasteiger partial charge < -0.3 is 9.47 Å². The summed E-state index contributed by atoms with van der Waals surface area (Å²) in [7, 11) is 0. The Morgan fingerprint density at radius 3 is 2.72 bits per heavy atom. The standard InChI is InChI=1S/C21H28O4/c1-12(22)24-17-5-4-14-13-6-11-21-18(25-21)16(23)8-10-20(21,3)15(13)7-9-19(14,17)2/h8,10,13-15,17-18H,4-7,9,11H2,1-3H3/t13-,14+,15+,17+,18-,19-,20+,21-/m0/s1. The van der Waals surface area contributed by atoms with Crippen LogP contribution in [0, 0.1) is 28.6 Å². The van der Waals surface area contributed by atoms with Gasteiger partial charge in [0, 0.05) is 17.8 Å². The van der Waals surface area contributed by atoms with E-state index in [-0.39, 0.29) is 40.4 Å². The fourth-order valence-electron chi connectivity index (χ4n) is 7.42. The minimum atomic E-state index is -0.221. The number of epoxide rings is 1. The van der Waals surface area contributed by atoms with Crippen molar-refractivity contribution < 1.29 is 19.1 Å². The number of carbonyl (C=O) groups excluding carboxylic acids is 2. The third-order valence-corrected chi connectivity index (χ3v) is 8.74. The van der Waals surface area contributed by atoms with Gasteiger partial charge in [-0.05, 0) is 62.4 Å².